The SMILES string of the molecule is Cc1cc(NC(=O)[C@H]2CCCN(S(=O)(=O)c3ccc(Br)s3)C2)no1. The molecule has 1 aliphatic heterocycles. The molecule has 0 saturated carbocycles. The van der Waals surface area contributed by atoms with Crippen molar-refractivity contribution in [2.45, 2.75) is 24.0 Å². The van der Waals surface area contributed by atoms with Crippen molar-refractivity contribution in [3.63, 3.8) is 0 Å². The predicted octanol–water partition coefficient (Wildman–Crippen LogP) is 2.85. The number of anilines is 1. The maximum absolute atomic E-state index is 12.7. The molecule has 0 aromatic carbocycles. The molecular formula is C14H16BrN3O4S2. The van der Waals surface area contributed by atoms with E-state index in [-0.39, 0.29) is 16.7 Å². The highest BCUT2D eigenvalue weighted by Gasteiger charge is 2.34. The Kier molecular flexibility index (Phi) is 5.09. The summed E-state index contributed by atoms with van der Waals surface area (Å²) in [6.45, 7) is 2.32. The second kappa shape index (κ2) is 6.95. The molecule has 0 unspecified atom stereocenters. The molecule has 2 aromatic heterocycles. The first kappa shape index (κ1) is 17.6. The van der Waals surface area contributed by atoms with Crippen LogP contribution in [0, 0.1) is 12.8 Å². The summed E-state index contributed by atoms with van der Waals surface area (Å²) in [6, 6.07) is 4.91. The van der Waals surface area contributed by atoms with Crippen LogP contribution in [0.4, 0.5) is 5.82 Å². The standard InChI is InChI=1S/C14H16BrN3O4S2/c1-9-7-12(17-22-9)16-14(19)10-3-2-6-18(8-10)24(20,21)13-5-4-11(15)23-13/h4-5,7,10H,2-3,6,8H2,1H3,(H,16,17,19)/t10-/m0/s1. The van der Waals surface area contributed by atoms with Crippen LogP contribution in [0.2, 0.25) is 0 Å². The van der Waals surface area contributed by atoms with E-state index in [9.17, 15) is 13.2 Å². The molecule has 3 rings (SSSR count). The molecule has 3 heterocycles. The number of carbonyl (C=O) groups excluding carboxylic acids is 1. The molecular weight excluding hydrogens is 418 g/mol. The molecule has 0 spiro atoms. The number of aromatic nitrogens is 1. The maximum Gasteiger partial charge on any atom is 0.252 e. The number of thiophene rings is 1. The van der Waals surface area contributed by atoms with Crippen LogP contribution >= 0.6 is 27.3 Å². The summed E-state index contributed by atoms with van der Waals surface area (Å²) in [5.74, 6) is 0.297. The van der Waals surface area contributed by atoms with Gasteiger partial charge in [-0.3, -0.25) is 4.79 Å². The van der Waals surface area contributed by atoms with Gasteiger partial charge in [-0.05, 0) is 47.8 Å². The van der Waals surface area contributed by atoms with E-state index in [2.05, 4.69) is 26.4 Å². The van der Waals surface area contributed by atoms with Gasteiger partial charge in [0.05, 0.1) is 9.70 Å². The Morgan fingerprint density at radius 3 is 2.92 bits per heavy atom. The van der Waals surface area contributed by atoms with E-state index in [0.29, 0.717) is 31.0 Å². The lowest BCUT2D eigenvalue weighted by molar-refractivity contribution is -0.120. The van der Waals surface area contributed by atoms with Gasteiger partial charge in [-0.2, -0.15) is 4.31 Å². The van der Waals surface area contributed by atoms with Crippen LogP contribution in [0.1, 0.15) is 18.6 Å². The highest BCUT2D eigenvalue weighted by atomic mass is 79.9. The molecule has 0 aliphatic carbocycles. The minimum Gasteiger partial charge on any atom is -0.360 e. The summed E-state index contributed by atoms with van der Waals surface area (Å²) in [4.78, 5) is 12.4. The molecule has 1 N–H and O–H groups in total. The zero-order valence-electron chi connectivity index (χ0n) is 12.9. The summed E-state index contributed by atoms with van der Waals surface area (Å²) in [7, 11) is -3.57. The zero-order chi connectivity index (χ0) is 17.3. The van der Waals surface area contributed by atoms with E-state index in [0.717, 1.165) is 3.79 Å². The van der Waals surface area contributed by atoms with Gasteiger partial charge in [0.25, 0.3) is 10.0 Å². The third-order valence-electron chi connectivity index (χ3n) is 3.78. The number of nitrogens with zero attached hydrogens (tertiary/aromatic N) is 2. The quantitative estimate of drug-likeness (QED) is 0.799. The van der Waals surface area contributed by atoms with E-state index in [1.165, 1.54) is 15.6 Å². The Labute approximate surface area is 152 Å². The predicted molar refractivity (Wildman–Crippen MR) is 93.4 cm³/mol. The number of rotatable bonds is 4. The van der Waals surface area contributed by atoms with Gasteiger partial charge in [-0.15, -0.1) is 11.3 Å². The first-order valence-electron chi connectivity index (χ1n) is 7.36. The van der Waals surface area contributed by atoms with Crippen LogP contribution in [0.15, 0.2) is 30.7 Å². The summed E-state index contributed by atoms with van der Waals surface area (Å²) in [5, 5.41) is 6.40. The van der Waals surface area contributed by atoms with Gasteiger partial charge >= 0.3 is 0 Å². The van der Waals surface area contributed by atoms with Crippen LogP contribution in [-0.2, 0) is 14.8 Å². The smallest absolute Gasteiger partial charge is 0.252 e. The number of hydrogen-bond acceptors (Lipinski definition) is 6. The Morgan fingerprint density at radius 1 is 1.50 bits per heavy atom. The average molecular weight is 434 g/mol. The number of hydrogen-bond donors (Lipinski definition) is 1. The van der Waals surface area contributed by atoms with Crippen molar-refractivity contribution < 1.29 is 17.7 Å². The minimum atomic E-state index is -3.57. The summed E-state index contributed by atoms with van der Waals surface area (Å²) < 4.78 is 32.7. The minimum absolute atomic E-state index is 0.167. The van der Waals surface area contributed by atoms with Gasteiger partial charge in [0.2, 0.25) is 5.91 Å². The molecule has 1 fully saturated rings. The number of halogens is 1. The number of amides is 1. The van der Waals surface area contributed by atoms with E-state index in [4.69, 9.17) is 4.52 Å². The van der Waals surface area contributed by atoms with Gasteiger partial charge in [-0.25, -0.2) is 8.42 Å². The number of nitrogens with one attached hydrogen (secondary N) is 1. The van der Waals surface area contributed by atoms with Gasteiger partial charge in [0.1, 0.15) is 9.97 Å². The molecule has 130 valence electrons. The second-order valence-corrected chi connectivity index (χ2v) is 10.2. The van der Waals surface area contributed by atoms with Crippen molar-refractivity contribution in [2.75, 3.05) is 18.4 Å². The van der Waals surface area contributed by atoms with Crippen LogP contribution < -0.4 is 5.32 Å². The molecule has 1 saturated heterocycles. The lowest BCUT2D eigenvalue weighted by Gasteiger charge is -2.30. The van der Waals surface area contributed by atoms with Crippen LogP contribution in [0.25, 0.3) is 0 Å². The van der Waals surface area contributed by atoms with Crippen molar-refractivity contribution in [1.29, 1.82) is 0 Å². The van der Waals surface area contributed by atoms with Crippen molar-refractivity contribution in [2.24, 2.45) is 5.92 Å². The van der Waals surface area contributed by atoms with Crippen LogP contribution in [-0.4, -0.2) is 36.9 Å². The fourth-order valence-electron chi connectivity index (χ4n) is 2.59. The van der Waals surface area contributed by atoms with Crippen molar-refractivity contribution >= 4 is 49.0 Å². The average Bonchev–Trinajstić information content (AvgIpc) is 3.16. The molecule has 24 heavy (non-hydrogen) atoms. The van der Waals surface area contributed by atoms with Crippen molar-refractivity contribution in [1.82, 2.24) is 9.46 Å². The molecule has 1 aliphatic rings. The molecule has 1 atom stereocenters. The highest BCUT2D eigenvalue weighted by molar-refractivity contribution is 9.11. The lowest BCUT2D eigenvalue weighted by atomic mass is 9.99. The van der Waals surface area contributed by atoms with E-state index in [1.807, 2.05) is 0 Å². The summed E-state index contributed by atoms with van der Waals surface area (Å²) in [5.41, 5.74) is 0. The molecule has 1 amide bonds. The van der Waals surface area contributed by atoms with Crippen LogP contribution in [0.5, 0.6) is 0 Å². The molecule has 7 nitrogen and oxygen atoms in total. The highest BCUT2D eigenvalue weighted by Crippen LogP contribution is 2.31. The third kappa shape index (κ3) is 3.71. The van der Waals surface area contributed by atoms with Crippen molar-refractivity contribution in [3.8, 4) is 0 Å². The second-order valence-electron chi connectivity index (χ2n) is 5.57. The number of aryl methyl sites for hydroxylation is 1. The first-order chi connectivity index (χ1) is 11.4. The fourth-order valence-corrected chi connectivity index (χ4v) is 6.28. The largest absolute Gasteiger partial charge is 0.360 e. The molecule has 0 radical (unpaired) electrons. The zero-order valence-corrected chi connectivity index (χ0v) is 16.1. The summed E-state index contributed by atoms with van der Waals surface area (Å²) in [6.07, 6.45) is 1.28. The van der Waals surface area contributed by atoms with E-state index < -0.39 is 15.9 Å². The Morgan fingerprint density at radius 2 is 2.29 bits per heavy atom. The van der Waals surface area contributed by atoms with Gasteiger partial charge < -0.3 is 9.84 Å². The number of sulfonamides is 1. The Bertz CT molecular complexity index is 846. The summed E-state index contributed by atoms with van der Waals surface area (Å²) >= 11 is 4.45. The third-order valence-corrected chi connectivity index (χ3v) is 7.73. The van der Waals surface area contributed by atoms with Gasteiger partial charge in [-0.1, -0.05) is 5.16 Å². The molecule has 10 heteroatoms. The first-order valence-corrected chi connectivity index (χ1v) is 10.4. The molecule has 0 bridgehead atoms. The lowest BCUT2D eigenvalue weighted by Crippen LogP contribution is -2.43. The maximum atomic E-state index is 12.7. The van der Waals surface area contributed by atoms with E-state index in [1.54, 1.807) is 25.1 Å². The molecule has 2 aromatic rings. The Hall–Kier alpha value is -1.23. The number of piperidine rings is 1. The fraction of sp³-hybridized carbons (Fsp3) is 0.429. The monoisotopic (exact) mass is 433 g/mol. The van der Waals surface area contributed by atoms with Crippen molar-refractivity contribution in [3.05, 3.63) is 27.7 Å². The topological polar surface area (TPSA) is 92.5 Å². The normalized spacial score (nSPS) is 19.3. The number of carbonyl (C=O) groups is 1. The van der Waals surface area contributed by atoms with E-state index >= 15 is 0 Å². The van der Waals surface area contributed by atoms with Gasteiger partial charge in [0.15, 0.2) is 5.82 Å². The Balaban J connectivity index is 1.71. The van der Waals surface area contributed by atoms with Gasteiger partial charge in [0, 0.05) is 19.2 Å². The van der Waals surface area contributed by atoms with Crippen LogP contribution in [0.3, 0.4) is 0 Å².